The van der Waals surface area contributed by atoms with Crippen molar-refractivity contribution in [1.82, 2.24) is 10.6 Å². The van der Waals surface area contributed by atoms with E-state index in [1.165, 1.54) is 0 Å². The molecule has 116 valence electrons. The van der Waals surface area contributed by atoms with Gasteiger partial charge in [0.2, 0.25) is 5.91 Å². The molecule has 4 N–H and O–H groups in total. The highest BCUT2D eigenvalue weighted by molar-refractivity contribution is 9.10. The number of nitrogens with two attached hydrogens (primary N) is 1. The zero-order valence-corrected chi connectivity index (χ0v) is 12.3. The molecule has 0 aliphatic heterocycles. The number of rotatable bonds is 5. The predicted octanol–water partition coefficient (Wildman–Crippen LogP) is 2.23. The molecule has 0 aromatic heterocycles. The summed E-state index contributed by atoms with van der Waals surface area (Å²) in [6.07, 6.45) is -4.83. The van der Waals surface area contributed by atoms with Crippen molar-refractivity contribution in [3.05, 3.63) is 34.3 Å². The number of hydrogen-bond donors (Lipinski definition) is 3. The van der Waals surface area contributed by atoms with Crippen LogP contribution in [0.5, 0.6) is 0 Å². The van der Waals surface area contributed by atoms with Gasteiger partial charge in [-0.25, -0.2) is 4.79 Å². The molecule has 5 nitrogen and oxygen atoms in total. The van der Waals surface area contributed by atoms with Crippen LogP contribution in [0.1, 0.15) is 18.0 Å². The van der Waals surface area contributed by atoms with Crippen molar-refractivity contribution in [1.29, 1.82) is 0 Å². The quantitative estimate of drug-likeness (QED) is 0.745. The van der Waals surface area contributed by atoms with Gasteiger partial charge in [-0.05, 0) is 17.7 Å². The van der Waals surface area contributed by atoms with Gasteiger partial charge in [0.25, 0.3) is 0 Å². The second-order valence-corrected chi connectivity index (χ2v) is 5.12. The molecular formula is C12H13BrF3N3O2. The van der Waals surface area contributed by atoms with Crippen molar-refractivity contribution in [2.75, 3.05) is 6.54 Å². The lowest BCUT2D eigenvalue weighted by Gasteiger charge is -2.18. The fourth-order valence-corrected chi connectivity index (χ4v) is 1.84. The smallest absolute Gasteiger partial charge is 0.352 e. The maximum Gasteiger partial charge on any atom is 0.405 e. The van der Waals surface area contributed by atoms with Gasteiger partial charge in [0, 0.05) is 4.47 Å². The molecule has 21 heavy (non-hydrogen) atoms. The lowest BCUT2D eigenvalue weighted by atomic mass is 10.0. The van der Waals surface area contributed by atoms with Crippen LogP contribution in [-0.4, -0.2) is 24.7 Å². The molecule has 0 aliphatic carbocycles. The molecule has 0 saturated heterocycles. The van der Waals surface area contributed by atoms with Crippen molar-refractivity contribution >= 4 is 27.9 Å². The second kappa shape index (κ2) is 7.30. The third kappa shape index (κ3) is 6.98. The van der Waals surface area contributed by atoms with Gasteiger partial charge in [0.15, 0.2) is 0 Å². The number of urea groups is 1. The molecule has 0 radical (unpaired) electrons. The van der Waals surface area contributed by atoms with Gasteiger partial charge in [0.05, 0.1) is 12.5 Å². The zero-order valence-electron chi connectivity index (χ0n) is 10.7. The number of alkyl halides is 3. The van der Waals surface area contributed by atoms with Crippen molar-refractivity contribution in [2.24, 2.45) is 5.73 Å². The van der Waals surface area contributed by atoms with Crippen molar-refractivity contribution in [2.45, 2.75) is 18.6 Å². The third-order valence-corrected chi connectivity index (χ3v) is 2.99. The van der Waals surface area contributed by atoms with E-state index in [4.69, 9.17) is 5.73 Å². The van der Waals surface area contributed by atoms with Gasteiger partial charge in [-0.1, -0.05) is 28.1 Å². The summed E-state index contributed by atoms with van der Waals surface area (Å²) in [5.74, 6) is -0.839. The van der Waals surface area contributed by atoms with E-state index >= 15 is 0 Å². The van der Waals surface area contributed by atoms with E-state index in [-0.39, 0.29) is 6.42 Å². The lowest BCUT2D eigenvalue weighted by molar-refractivity contribution is -0.138. The van der Waals surface area contributed by atoms with Gasteiger partial charge >= 0.3 is 12.2 Å². The van der Waals surface area contributed by atoms with Crippen LogP contribution < -0.4 is 16.4 Å². The first-order chi connectivity index (χ1) is 9.67. The van der Waals surface area contributed by atoms with E-state index in [2.05, 4.69) is 21.2 Å². The van der Waals surface area contributed by atoms with Gasteiger partial charge in [-0.2, -0.15) is 13.2 Å². The SMILES string of the molecule is NC(=O)N[C@@H](CC(=O)NCC(F)(F)F)c1ccc(Br)cc1. The molecule has 3 amide bonds. The van der Waals surface area contributed by atoms with E-state index in [0.29, 0.717) is 5.56 Å². The Bertz CT molecular complexity index is 505. The lowest BCUT2D eigenvalue weighted by Crippen LogP contribution is -2.39. The molecule has 1 aromatic carbocycles. The maximum atomic E-state index is 12.0. The fourth-order valence-electron chi connectivity index (χ4n) is 1.58. The molecule has 0 unspecified atom stereocenters. The van der Waals surface area contributed by atoms with Gasteiger partial charge in [0.1, 0.15) is 6.54 Å². The average Bonchev–Trinajstić information content (AvgIpc) is 2.35. The molecule has 9 heteroatoms. The third-order valence-electron chi connectivity index (χ3n) is 2.46. The molecule has 1 aromatic rings. The Kier molecular flexibility index (Phi) is 6.01. The van der Waals surface area contributed by atoms with Crippen LogP contribution >= 0.6 is 15.9 Å². The van der Waals surface area contributed by atoms with E-state index in [0.717, 1.165) is 4.47 Å². The summed E-state index contributed by atoms with van der Waals surface area (Å²) >= 11 is 3.23. The topological polar surface area (TPSA) is 84.2 Å². The number of carbonyl (C=O) groups is 2. The van der Waals surface area contributed by atoms with E-state index < -0.39 is 30.7 Å². The molecule has 1 rings (SSSR count). The molecule has 0 bridgehead atoms. The number of primary amides is 1. The molecule has 1 atom stereocenters. The largest absolute Gasteiger partial charge is 0.405 e. The van der Waals surface area contributed by atoms with Crippen LogP contribution in [0.25, 0.3) is 0 Å². The first-order valence-corrected chi connectivity index (χ1v) is 6.61. The monoisotopic (exact) mass is 367 g/mol. The van der Waals surface area contributed by atoms with Crippen LogP contribution in [0.3, 0.4) is 0 Å². The summed E-state index contributed by atoms with van der Waals surface area (Å²) in [7, 11) is 0. The Morgan fingerprint density at radius 3 is 2.29 bits per heavy atom. The van der Waals surface area contributed by atoms with Crippen LogP contribution in [0.2, 0.25) is 0 Å². The fraction of sp³-hybridized carbons (Fsp3) is 0.333. The second-order valence-electron chi connectivity index (χ2n) is 4.21. The number of nitrogens with one attached hydrogen (secondary N) is 2. The van der Waals surface area contributed by atoms with Crippen LogP contribution in [0.4, 0.5) is 18.0 Å². The van der Waals surface area contributed by atoms with Crippen LogP contribution in [0.15, 0.2) is 28.7 Å². The summed E-state index contributed by atoms with van der Waals surface area (Å²) in [6, 6.07) is 4.94. The standard InChI is InChI=1S/C12H13BrF3N3O2/c13-8-3-1-7(2-4-8)9(19-11(17)21)5-10(20)18-6-12(14,15)16/h1-4,9H,5-6H2,(H,18,20)(H3,17,19,21)/t9-/m0/s1. The Balaban J connectivity index is 2.72. The van der Waals surface area contributed by atoms with Gasteiger partial charge in [-0.15, -0.1) is 0 Å². The number of carbonyl (C=O) groups excluding carboxylic acids is 2. The highest BCUT2D eigenvalue weighted by Gasteiger charge is 2.28. The van der Waals surface area contributed by atoms with Crippen molar-refractivity contribution in [3.63, 3.8) is 0 Å². The Hall–Kier alpha value is -1.77. The minimum atomic E-state index is -4.49. The Labute approximate surface area is 127 Å². The molecule has 0 heterocycles. The Morgan fingerprint density at radius 2 is 1.81 bits per heavy atom. The zero-order chi connectivity index (χ0) is 16.0. The number of halogens is 4. The molecule has 0 spiro atoms. The van der Waals surface area contributed by atoms with Crippen LogP contribution in [0, 0.1) is 0 Å². The van der Waals surface area contributed by atoms with Crippen LogP contribution in [-0.2, 0) is 4.79 Å². The van der Waals surface area contributed by atoms with Crippen molar-refractivity contribution in [3.8, 4) is 0 Å². The maximum absolute atomic E-state index is 12.0. The van der Waals surface area contributed by atoms with E-state index in [1.54, 1.807) is 29.6 Å². The normalized spacial score (nSPS) is 12.6. The summed E-state index contributed by atoms with van der Waals surface area (Å²) in [6.45, 7) is -1.42. The molecular weight excluding hydrogens is 355 g/mol. The summed E-state index contributed by atoms with van der Waals surface area (Å²) in [5, 5.41) is 4.07. The highest BCUT2D eigenvalue weighted by Crippen LogP contribution is 2.20. The van der Waals surface area contributed by atoms with Gasteiger partial charge in [-0.3, -0.25) is 4.79 Å². The molecule has 0 saturated carbocycles. The summed E-state index contributed by atoms with van der Waals surface area (Å²) < 4.78 is 36.8. The van der Waals surface area contributed by atoms with E-state index in [1.807, 2.05) is 0 Å². The van der Waals surface area contributed by atoms with Gasteiger partial charge < -0.3 is 16.4 Å². The highest BCUT2D eigenvalue weighted by atomic mass is 79.9. The van der Waals surface area contributed by atoms with E-state index in [9.17, 15) is 22.8 Å². The van der Waals surface area contributed by atoms with Crippen molar-refractivity contribution < 1.29 is 22.8 Å². The summed E-state index contributed by atoms with van der Waals surface area (Å²) in [4.78, 5) is 22.4. The predicted molar refractivity (Wildman–Crippen MR) is 73.3 cm³/mol. The number of hydrogen-bond acceptors (Lipinski definition) is 2. The minimum Gasteiger partial charge on any atom is -0.352 e. The minimum absolute atomic E-state index is 0.347. The number of benzene rings is 1. The number of amides is 3. The Morgan fingerprint density at radius 1 is 1.24 bits per heavy atom. The first kappa shape index (κ1) is 17.3. The average molecular weight is 368 g/mol. The molecule has 0 fully saturated rings. The molecule has 0 aliphatic rings. The first-order valence-electron chi connectivity index (χ1n) is 5.82. The summed E-state index contributed by atoms with van der Waals surface area (Å²) in [5.41, 5.74) is 5.56.